The molecule has 0 aliphatic rings. The van der Waals surface area contributed by atoms with Crippen LogP contribution in [0, 0.1) is 6.92 Å². The molecule has 0 aliphatic carbocycles. The van der Waals surface area contributed by atoms with E-state index in [0.717, 1.165) is 11.1 Å². The van der Waals surface area contributed by atoms with Crippen LogP contribution in [-0.4, -0.2) is 0 Å². The molecule has 0 nitrogen and oxygen atoms in total. The number of hydrogen-bond acceptors (Lipinski definition) is 0. The van der Waals surface area contributed by atoms with Gasteiger partial charge in [0.05, 0.1) is 0 Å². The molecule has 0 aromatic heterocycles. The second-order valence-corrected chi connectivity index (χ2v) is 4.26. The van der Waals surface area contributed by atoms with E-state index in [0.29, 0.717) is 5.92 Å². The van der Waals surface area contributed by atoms with Gasteiger partial charge in [-0.15, -0.1) is 0 Å². The second kappa shape index (κ2) is 4.19. The normalized spacial score (nSPS) is 13.4. The molecule has 2 heteroatoms. The Kier molecular flexibility index (Phi) is 3.44. The number of rotatable bonds is 2. The smallest absolute Gasteiger partial charge is 0.138 e. The van der Waals surface area contributed by atoms with Crippen molar-refractivity contribution >= 4 is 9.24 Å². The molecular weight excluding hydrogens is 182 g/mol. The molecule has 0 saturated heterocycles. The summed E-state index contributed by atoms with van der Waals surface area (Å²) in [5.41, 5.74) is 3.01. The summed E-state index contributed by atoms with van der Waals surface area (Å²) >= 11 is 0. The van der Waals surface area contributed by atoms with Crippen molar-refractivity contribution < 1.29 is 4.39 Å². The maximum absolute atomic E-state index is 13.1. The molecule has 1 aromatic carbocycles. The van der Waals surface area contributed by atoms with E-state index in [4.69, 9.17) is 0 Å². The number of halogens is 1. The van der Waals surface area contributed by atoms with E-state index >= 15 is 0 Å². The van der Waals surface area contributed by atoms with Crippen molar-refractivity contribution in [2.45, 2.75) is 32.6 Å². The molecule has 0 bridgehead atoms. The molecular formula is C11H16FP. The van der Waals surface area contributed by atoms with E-state index in [1.807, 2.05) is 19.1 Å². The summed E-state index contributed by atoms with van der Waals surface area (Å²) in [7, 11) is 2.19. The van der Waals surface area contributed by atoms with E-state index in [9.17, 15) is 4.39 Å². The van der Waals surface area contributed by atoms with Crippen LogP contribution in [0.15, 0.2) is 18.2 Å². The zero-order valence-corrected chi connectivity index (χ0v) is 9.50. The van der Waals surface area contributed by atoms with Gasteiger partial charge < -0.3 is 0 Å². The van der Waals surface area contributed by atoms with Crippen LogP contribution in [0.4, 0.5) is 4.39 Å². The van der Waals surface area contributed by atoms with Crippen LogP contribution in [0.3, 0.4) is 0 Å². The van der Waals surface area contributed by atoms with Crippen molar-refractivity contribution in [1.29, 1.82) is 0 Å². The van der Waals surface area contributed by atoms with Gasteiger partial charge in [-0.05, 0) is 29.5 Å². The van der Waals surface area contributed by atoms with Gasteiger partial charge in [-0.1, -0.05) is 41.3 Å². The average Bonchev–Trinajstić information content (AvgIpc) is 2.04. The van der Waals surface area contributed by atoms with E-state index in [2.05, 4.69) is 29.2 Å². The van der Waals surface area contributed by atoms with E-state index < -0.39 is 5.91 Å². The minimum Gasteiger partial charge on any atom is -0.238 e. The monoisotopic (exact) mass is 198 g/mol. The topological polar surface area (TPSA) is 0 Å². The summed E-state index contributed by atoms with van der Waals surface area (Å²) in [4.78, 5) is 0. The first-order valence-electron chi connectivity index (χ1n) is 4.52. The van der Waals surface area contributed by atoms with Crippen LogP contribution in [-0.2, 0) is 0 Å². The molecule has 2 atom stereocenters. The van der Waals surface area contributed by atoms with Crippen molar-refractivity contribution in [3.63, 3.8) is 0 Å². The summed E-state index contributed by atoms with van der Waals surface area (Å²) in [6.07, 6.45) is 0. The molecule has 1 aromatic rings. The summed E-state index contributed by atoms with van der Waals surface area (Å²) in [6, 6.07) is 6.01. The van der Waals surface area contributed by atoms with E-state index in [1.165, 1.54) is 5.56 Å². The Morgan fingerprint density at radius 2 is 1.92 bits per heavy atom. The van der Waals surface area contributed by atoms with Gasteiger partial charge in [-0.3, -0.25) is 0 Å². The van der Waals surface area contributed by atoms with Crippen molar-refractivity contribution in [1.82, 2.24) is 0 Å². The zero-order chi connectivity index (χ0) is 10.0. The number of hydrogen-bond donors (Lipinski definition) is 0. The van der Waals surface area contributed by atoms with Crippen LogP contribution >= 0.6 is 9.24 Å². The molecule has 0 saturated carbocycles. The molecule has 72 valence electrons. The molecule has 0 spiro atoms. The summed E-state index contributed by atoms with van der Waals surface area (Å²) < 4.78 is 13.1. The lowest BCUT2D eigenvalue weighted by atomic mass is 9.98. The van der Waals surface area contributed by atoms with Crippen molar-refractivity contribution in [3.8, 4) is 0 Å². The largest absolute Gasteiger partial charge is 0.238 e. The van der Waals surface area contributed by atoms with Gasteiger partial charge in [0, 0.05) is 0 Å². The van der Waals surface area contributed by atoms with Gasteiger partial charge in [0.1, 0.15) is 5.91 Å². The molecule has 13 heavy (non-hydrogen) atoms. The Morgan fingerprint density at radius 3 is 2.38 bits per heavy atom. The van der Waals surface area contributed by atoms with E-state index in [1.54, 1.807) is 0 Å². The molecule has 0 heterocycles. The lowest BCUT2D eigenvalue weighted by Crippen LogP contribution is -1.93. The van der Waals surface area contributed by atoms with Gasteiger partial charge in [0.15, 0.2) is 0 Å². The molecule has 0 radical (unpaired) electrons. The molecule has 0 N–H and O–H groups in total. The highest BCUT2D eigenvalue weighted by molar-refractivity contribution is 7.16. The third-order valence-corrected chi connectivity index (χ3v) is 2.63. The zero-order valence-electron chi connectivity index (χ0n) is 8.34. The molecule has 2 unspecified atom stereocenters. The van der Waals surface area contributed by atoms with Crippen LogP contribution < -0.4 is 0 Å². The SMILES string of the molecule is Cc1ccc(C(C)C)cc1C(F)P. The third kappa shape index (κ3) is 2.51. The number of alkyl halides is 1. The van der Waals surface area contributed by atoms with Crippen molar-refractivity contribution in [3.05, 3.63) is 34.9 Å². The molecule has 0 fully saturated rings. The highest BCUT2D eigenvalue weighted by Gasteiger charge is 2.08. The fourth-order valence-electron chi connectivity index (χ4n) is 1.32. The summed E-state index contributed by atoms with van der Waals surface area (Å²) in [6.45, 7) is 6.17. The van der Waals surface area contributed by atoms with Crippen LogP contribution in [0.5, 0.6) is 0 Å². The number of benzene rings is 1. The number of aryl methyl sites for hydroxylation is 1. The van der Waals surface area contributed by atoms with E-state index in [-0.39, 0.29) is 0 Å². The second-order valence-electron chi connectivity index (χ2n) is 3.67. The summed E-state index contributed by atoms with van der Waals surface area (Å²) in [5, 5.41) is 0. The van der Waals surface area contributed by atoms with Gasteiger partial charge in [-0.25, -0.2) is 4.39 Å². The van der Waals surface area contributed by atoms with Gasteiger partial charge in [0.25, 0.3) is 0 Å². The maximum Gasteiger partial charge on any atom is 0.138 e. The first-order chi connectivity index (χ1) is 6.02. The van der Waals surface area contributed by atoms with Gasteiger partial charge in [-0.2, -0.15) is 0 Å². The Hall–Kier alpha value is -0.420. The fraction of sp³-hybridized carbons (Fsp3) is 0.455. The highest BCUT2D eigenvalue weighted by atomic mass is 31.0. The third-order valence-electron chi connectivity index (χ3n) is 2.27. The quantitative estimate of drug-likeness (QED) is 0.631. The molecule has 0 amide bonds. The lowest BCUT2D eigenvalue weighted by Gasteiger charge is -2.11. The predicted molar refractivity (Wildman–Crippen MR) is 58.8 cm³/mol. The standard InChI is InChI=1S/C11H16FP/c1-7(2)9-5-4-8(3)10(6-9)11(12)13/h4-7,11H,13H2,1-3H3. The van der Waals surface area contributed by atoms with Gasteiger partial charge in [0.2, 0.25) is 0 Å². The van der Waals surface area contributed by atoms with Crippen LogP contribution in [0.25, 0.3) is 0 Å². The van der Waals surface area contributed by atoms with Crippen LogP contribution in [0.2, 0.25) is 0 Å². The highest BCUT2D eigenvalue weighted by Crippen LogP contribution is 2.29. The van der Waals surface area contributed by atoms with Gasteiger partial charge >= 0.3 is 0 Å². The Morgan fingerprint density at radius 1 is 1.31 bits per heavy atom. The average molecular weight is 198 g/mol. The van der Waals surface area contributed by atoms with Crippen molar-refractivity contribution in [2.24, 2.45) is 0 Å². The van der Waals surface area contributed by atoms with Crippen molar-refractivity contribution in [2.75, 3.05) is 0 Å². The Bertz CT molecular complexity index is 292. The predicted octanol–water partition coefficient (Wildman–Crippen LogP) is 3.96. The summed E-state index contributed by atoms with van der Waals surface area (Å²) in [5.74, 6) is -0.484. The lowest BCUT2D eigenvalue weighted by molar-refractivity contribution is 0.467. The Labute approximate surface area is 81.8 Å². The molecule has 1 rings (SSSR count). The first kappa shape index (κ1) is 10.7. The first-order valence-corrected chi connectivity index (χ1v) is 5.19. The minimum absolute atomic E-state index is 0.461. The fourth-order valence-corrected chi connectivity index (χ4v) is 1.67. The maximum atomic E-state index is 13.1. The van der Waals surface area contributed by atoms with Crippen LogP contribution in [0.1, 0.15) is 42.4 Å². The molecule has 0 aliphatic heterocycles. The Balaban J connectivity index is 3.11. The minimum atomic E-state index is -0.946.